The normalized spacial score (nSPS) is 19.7. The molecule has 0 atom stereocenters. The second kappa shape index (κ2) is 15.7. The zero-order valence-corrected chi connectivity index (χ0v) is 28.5. The fourth-order valence-electron chi connectivity index (χ4n) is 7.62. The van der Waals surface area contributed by atoms with Crippen LogP contribution in [0.25, 0.3) is 0 Å². The van der Waals surface area contributed by atoms with Crippen molar-refractivity contribution in [2.45, 2.75) is 111 Å². The van der Waals surface area contributed by atoms with Gasteiger partial charge in [-0.1, -0.05) is 0 Å². The summed E-state index contributed by atoms with van der Waals surface area (Å²) in [6.45, 7) is 0. The summed E-state index contributed by atoms with van der Waals surface area (Å²) in [4.78, 5) is 0. The molecule has 200 valence electrons. The van der Waals surface area contributed by atoms with Crippen LogP contribution in [0.3, 0.4) is 0 Å². The van der Waals surface area contributed by atoms with E-state index in [1.807, 2.05) is 0 Å². The van der Waals surface area contributed by atoms with Gasteiger partial charge in [0.05, 0.1) is 0 Å². The Balaban J connectivity index is 0.000000155. The first-order chi connectivity index (χ1) is 18.9. The second-order valence-electron chi connectivity index (χ2n) is 12.0. The molecule has 3 aromatic carbocycles. The van der Waals surface area contributed by atoms with Crippen LogP contribution in [-0.2, 0) is 0 Å². The fourth-order valence-corrected chi connectivity index (χ4v) is 25.9. The summed E-state index contributed by atoms with van der Waals surface area (Å²) < 4.78 is 8.46. The molecule has 0 saturated heterocycles. The van der Waals surface area contributed by atoms with Crippen LogP contribution in [0.15, 0.2) is 91.0 Å². The Morgan fingerprint density at radius 3 is 0.895 bits per heavy atom. The number of benzene rings is 3. The molecule has 0 heterocycles. The van der Waals surface area contributed by atoms with Gasteiger partial charge in [-0.2, -0.15) is 0 Å². The summed E-state index contributed by atoms with van der Waals surface area (Å²) in [5.74, 6) is 0. The van der Waals surface area contributed by atoms with Crippen LogP contribution in [0.1, 0.15) is 96.3 Å². The van der Waals surface area contributed by atoms with Crippen LogP contribution in [0.2, 0.25) is 14.3 Å². The molecule has 3 aliphatic rings. The summed E-state index contributed by atoms with van der Waals surface area (Å²) in [6.07, 6.45) is 24.1. The van der Waals surface area contributed by atoms with E-state index in [0.29, 0.717) is 0 Å². The van der Waals surface area contributed by atoms with E-state index in [2.05, 4.69) is 91.0 Å². The molecule has 2 heteroatoms. The van der Waals surface area contributed by atoms with E-state index >= 15 is 0 Å². The van der Waals surface area contributed by atoms with E-state index in [9.17, 15) is 0 Å². The van der Waals surface area contributed by atoms with Crippen LogP contribution in [0, 0.1) is 0 Å². The third kappa shape index (κ3) is 8.03. The molecule has 3 fully saturated rings. The molecule has 0 aromatic heterocycles. The molecule has 0 nitrogen and oxygen atoms in total. The van der Waals surface area contributed by atoms with Gasteiger partial charge in [-0.15, -0.1) is 0 Å². The van der Waals surface area contributed by atoms with Crippen LogP contribution < -0.4 is 10.7 Å². The quantitative estimate of drug-likeness (QED) is 0.230. The van der Waals surface area contributed by atoms with Gasteiger partial charge in [0.15, 0.2) is 0 Å². The topological polar surface area (TPSA) is 0 Å². The first-order valence-corrected chi connectivity index (χ1v) is 23.7. The summed E-state index contributed by atoms with van der Waals surface area (Å²) >= 11 is -2.78. The predicted octanol–water partition coefficient (Wildman–Crippen LogP) is 8.69. The zero-order valence-electron chi connectivity index (χ0n) is 23.5. The minimum atomic E-state index is -1.98. The molecule has 0 N–H and O–H groups in total. The minimum absolute atomic E-state index is 0.801. The monoisotopic (exact) mass is 674 g/mol. The van der Waals surface area contributed by atoms with Gasteiger partial charge in [-0.05, 0) is 0 Å². The third-order valence-corrected chi connectivity index (χ3v) is 26.8. The summed E-state index contributed by atoms with van der Waals surface area (Å²) in [5, 5.41) is 0. The van der Waals surface area contributed by atoms with Crippen molar-refractivity contribution in [1.82, 2.24) is 0 Å². The SMILES string of the molecule is C1CC[CH]([Ge]([CH]2CCCCC2)[CH]2CCCCC2)CC1.c1cc[c]([Sn]([c]2ccccc2)[c]2ccccc2)cc1. The van der Waals surface area contributed by atoms with Gasteiger partial charge in [-0.25, -0.2) is 0 Å². The van der Waals surface area contributed by atoms with Crippen molar-refractivity contribution in [3.63, 3.8) is 0 Å². The Morgan fingerprint density at radius 2 is 0.632 bits per heavy atom. The van der Waals surface area contributed by atoms with E-state index < -0.39 is 34.1 Å². The van der Waals surface area contributed by atoms with Crippen molar-refractivity contribution in [3.05, 3.63) is 91.0 Å². The summed E-state index contributed by atoms with van der Waals surface area (Å²) in [5.41, 5.74) is 0. The first-order valence-electron chi connectivity index (χ1n) is 15.8. The van der Waals surface area contributed by atoms with E-state index in [-0.39, 0.29) is 0 Å². The molecule has 0 amide bonds. The zero-order chi connectivity index (χ0) is 25.8. The summed E-state index contributed by atoms with van der Waals surface area (Å²) in [7, 11) is 0. The van der Waals surface area contributed by atoms with Crippen molar-refractivity contribution in [2.75, 3.05) is 0 Å². The maximum atomic E-state index is 2.29. The van der Waals surface area contributed by atoms with Gasteiger partial charge in [0.25, 0.3) is 0 Å². The van der Waals surface area contributed by atoms with Crippen molar-refractivity contribution in [3.8, 4) is 0 Å². The van der Waals surface area contributed by atoms with E-state index in [1.54, 1.807) is 96.3 Å². The molecule has 2 radical (unpaired) electrons. The second-order valence-corrected chi connectivity index (χ2v) is 26.3. The predicted molar refractivity (Wildman–Crippen MR) is 170 cm³/mol. The van der Waals surface area contributed by atoms with Gasteiger partial charge >= 0.3 is 246 Å². The van der Waals surface area contributed by atoms with E-state index in [1.165, 1.54) is 25.0 Å². The van der Waals surface area contributed by atoms with Crippen LogP contribution >= 0.6 is 0 Å². The molecule has 0 spiro atoms. The van der Waals surface area contributed by atoms with Crippen LogP contribution in [0.4, 0.5) is 0 Å². The summed E-state index contributed by atoms with van der Waals surface area (Å²) in [6, 6.07) is 32.9. The number of hydrogen-bond donors (Lipinski definition) is 0. The molecule has 6 rings (SSSR count). The standard InChI is InChI=1S/C18H33Ge.3C6H5.Sn/c1-4-10-16(11-5-1)19(17-12-6-2-7-13-17)18-14-8-3-9-15-18;3*1-2-4-6-5-3-1;/h16-18H,1-15H2;3*1-5H;. The van der Waals surface area contributed by atoms with E-state index in [4.69, 9.17) is 0 Å². The average Bonchev–Trinajstić information content (AvgIpc) is 3.01. The van der Waals surface area contributed by atoms with Gasteiger partial charge in [0.2, 0.25) is 0 Å². The Morgan fingerprint density at radius 1 is 0.368 bits per heavy atom. The van der Waals surface area contributed by atoms with Crippen molar-refractivity contribution in [1.29, 1.82) is 0 Å². The number of rotatable bonds is 6. The third-order valence-electron chi connectivity index (χ3n) is 9.42. The van der Waals surface area contributed by atoms with Crippen LogP contribution in [-0.4, -0.2) is 34.1 Å². The average molecular weight is 672 g/mol. The molecule has 3 saturated carbocycles. The molecular formula is C36H48GeSn. The first kappa shape index (κ1) is 28.5. The van der Waals surface area contributed by atoms with Crippen molar-refractivity contribution >= 4 is 44.8 Å². The van der Waals surface area contributed by atoms with Crippen molar-refractivity contribution < 1.29 is 0 Å². The van der Waals surface area contributed by atoms with Gasteiger partial charge in [0, 0.05) is 0 Å². The number of hydrogen-bond acceptors (Lipinski definition) is 0. The van der Waals surface area contributed by atoms with E-state index in [0.717, 1.165) is 0 Å². The molecule has 0 unspecified atom stereocenters. The van der Waals surface area contributed by atoms with Gasteiger partial charge in [0.1, 0.15) is 0 Å². The molecule has 0 aliphatic heterocycles. The Labute approximate surface area is 244 Å². The Kier molecular flexibility index (Phi) is 11.8. The molecular weight excluding hydrogens is 624 g/mol. The molecule has 0 bridgehead atoms. The fraction of sp³-hybridized carbons (Fsp3) is 0.500. The van der Waals surface area contributed by atoms with Gasteiger partial charge in [-0.3, -0.25) is 0 Å². The maximum absolute atomic E-state index is 2.29. The van der Waals surface area contributed by atoms with Gasteiger partial charge < -0.3 is 0 Å². The molecule has 38 heavy (non-hydrogen) atoms. The Bertz CT molecular complexity index is 882. The molecule has 3 aliphatic carbocycles. The van der Waals surface area contributed by atoms with Crippen molar-refractivity contribution in [2.24, 2.45) is 0 Å². The van der Waals surface area contributed by atoms with Crippen LogP contribution in [0.5, 0.6) is 0 Å². The Hall–Kier alpha value is -0.998. The molecule has 3 aromatic rings.